The van der Waals surface area contributed by atoms with Crippen LogP contribution in [0.15, 0.2) is 48.8 Å². The zero-order valence-corrected chi connectivity index (χ0v) is 20.7. The second-order valence-electron chi connectivity index (χ2n) is 7.84. The topological polar surface area (TPSA) is 44.2 Å². The third kappa shape index (κ3) is 7.18. The van der Waals surface area contributed by atoms with Gasteiger partial charge in [0.25, 0.3) is 0 Å². The van der Waals surface area contributed by atoms with E-state index in [4.69, 9.17) is 22.3 Å². The molecular formula is C32H28N2O2. The summed E-state index contributed by atoms with van der Waals surface area (Å²) in [7, 11) is 0. The first kappa shape index (κ1) is 26.0. The van der Waals surface area contributed by atoms with Crippen molar-refractivity contribution >= 4 is 0 Å². The number of benzene rings is 1. The van der Waals surface area contributed by atoms with Crippen LogP contribution in [0.5, 0.6) is 11.5 Å². The van der Waals surface area contributed by atoms with E-state index in [1.807, 2.05) is 24.3 Å². The van der Waals surface area contributed by atoms with Gasteiger partial charge in [0.1, 0.15) is 11.4 Å². The predicted molar refractivity (Wildman–Crippen MR) is 144 cm³/mol. The van der Waals surface area contributed by atoms with Gasteiger partial charge in [-0.3, -0.25) is 0 Å². The van der Waals surface area contributed by atoms with Gasteiger partial charge < -0.3 is 9.47 Å². The normalized spacial score (nSPS) is 9.56. The molecule has 4 heteroatoms. The minimum absolute atomic E-state index is 0.490. The van der Waals surface area contributed by atoms with Gasteiger partial charge in [-0.05, 0) is 48.9 Å². The standard InChI is InChI=1S/C32H28N2O2/c1-5-9-21-35-31-23-27(16-15-26-14-12-19-33-29(26)8-4)28(24-32(31)36-22-10-6-2)17-18-30-25(7-3)13-11-20-34-30/h3-4,11-14,19-20,23-24H,5-6,9-10,21-22H2,1-2H3. The summed E-state index contributed by atoms with van der Waals surface area (Å²) in [5.74, 6) is 19.1. The van der Waals surface area contributed by atoms with Crippen LogP contribution in [-0.2, 0) is 0 Å². The van der Waals surface area contributed by atoms with Crippen LogP contribution in [0.2, 0.25) is 0 Å². The first-order chi connectivity index (χ1) is 17.7. The summed E-state index contributed by atoms with van der Waals surface area (Å²) >= 11 is 0. The van der Waals surface area contributed by atoms with E-state index in [1.54, 1.807) is 24.5 Å². The number of unbranched alkanes of at least 4 members (excludes halogenated alkanes) is 2. The SMILES string of the molecule is C#Cc1cccnc1C#Cc1cc(OCCCC)c(OCCCC)cc1C#Cc1cccnc1C#C. The minimum atomic E-state index is 0.490. The number of hydrogen-bond acceptors (Lipinski definition) is 4. The zero-order chi connectivity index (χ0) is 25.6. The first-order valence-corrected chi connectivity index (χ1v) is 12.0. The summed E-state index contributed by atoms with van der Waals surface area (Å²) in [6.07, 6.45) is 18.5. The van der Waals surface area contributed by atoms with Crippen LogP contribution < -0.4 is 9.47 Å². The average Bonchev–Trinajstić information content (AvgIpc) is 2.92. The maximum atomic E-state index is 6.08. The molecule has 0 aliphatic heterocycles. The van der Waals surface area contributed by atoms with Crippen molar-refractivity contribution in [2.24, 2.45) is 0 Å². The number of ether oxygens (including phenoxy) is 2. The van der Waals surface area contributed by atoms with Gasteiger partial charge in [0, 0.05) is 35.7 Å². The quantitative estimate of drug-likeness (QED) is 0.316. The molecule has 0 unspecified atom stereocenters. The molecule has 0 bridgehead atoms. The fraction of sp³-hybridized carbons (Fsp3) is 0.250. The Bertz CT molecular complexity index is 1290. The van der Waals surface area contributed by atoms with E-state index in [-0.39, 0.29) is 0 Å². The lowest BCUT2D eigenvalue weighted by Gasteiger charge is -2.14. The number of aromatic nitrogens is 2. The highest BCUT2D eigenvalue weighted by Crippen LogP contribution is 2.31. The molecule has 0 aliphatic carbocycles. The van der Waals surface area contributed by atoms with Gasteiger partial charge in [0.15, 0.2) is 11.5 Å². The summed E-state index contributed by atoms with van der Waals surface area (Å²) in [5.41, 5.74) is 3.67. The Balaban J connectivity index is 2.13. The molecule has 0 spiro atoms. The van der Waals surface area contributed by atoms with Gasteiger partial charge in [0.05, 0.1) is 24.3 Å². The Kier molecular flexibility index (Phi) is 10.0. The molecular weight excluding hydrogens is 444 g/mol. The van der Waals surface area contributed by atoms with Gasteiger partial charge in [-0.25, -0.2) is 9.97 Å². The average molecular weight is 473 g/mol. The summed E-state index contributed by atoms with van der Waals surface area (Å²) in [6, 6.07) is 11.0. The molecule has 3 aromatic rings. The monoisotopic (exact) mass is 472 g/mol. The highest BCUT2D eigenvalue weighted by molar-refractivity contribution is 5.62. The van der Waals surface area contributed by atoms with Crippen LogP contribution in [-0.4, -0.2) is 23.2 Å². The molecule has 0 saturated carbocycles. The highest BCUT2D eigenvalue weighted by Gasteiger charge is 2.12. The predicted octanol–water partition coefficient (Wildman–Crippen LogP) is 5.60. The lowest BCUT2D eigenvalue weighted by molar-refractivity contribution is 0.262. The molecule has 2 heterocycles. The second kappa shape index (κ2) is 13.9. The van der Waals surface area contributed by atoms with E-state index < -0.39 is 0 Å². The number of pyridine rings is 2. The van der Waals surface area contributed by atoms with Gasteiger partial charge in [-0.15, -0.1) is 12.8 Å². The van der Waals surface area contributed by atoms with Crippen LogP contribution in [0.25, 0.3) is 0 Å². The molecule has 0 saturated heterocycles. The summed E-state index contributed by atoms with van der Waals surface area (Å²) in [6.45, 7) is 5.41. The van der Waals surface area contributed by atoms with Gasteiger partial charge >= 0.3 is 0 Å². The van der Waals surface area contributed by atoms with Crippen molar-refractivity contribution in [3.63, 3.8) is 0 Å². The van der Waals surface area contributed by atoms with Crippen molar-refractivity contribution in [3.8, 4) is 59.9 Å². The van der Waals surface area contributed by atoms with Crippen molar-refractivity contribution in [1.29, 1.82) is 0 Å². The summed E-state index contributed by atoms with van der Waals surface area (Å²) in [5, 5.41) is 0. The van der Waals surface area contributed by atoms with Crippen LogP contribution in [0.3, 0.4) is 0 Å². The van der Waals surface area contributed by atoms with Gasteiger partial charge in [-0.1, -0.05) is 50.4 Å². The van der Waals surface area contributed by atoms with E-state index in [9.17, 15) is 0 Å². The second-order valence-corrected chi connectivity index (χ2v) is 7.84. The van der Waals surface area contributed by atoms with E-state index in [1.165, 1.54) is 0 Å². The highest BCUT2D eigenvalue weighted by atomic mass is 16.5. The zero-order valence-electron chi connectivity index (χ0n) is 20.7. The Morgan fingerprint density at radius 1 is 0.667 bits per heavy atom. The summed E-state index contributed by atoms with van der Waals surface area (Å²) < 4.78 is 12.2. The molecule has 0 atom stereocenters. The van der Waals surface area contributed by atoms with Crippen LogP contribution in [0.1, 0.15) is 73.2 Å². The van der Waals surface area contributed by atoms with Crippen LogP contribution in [0.4, 0.5) is 0 Å². The number of rotatable bonds is 8. The number of hydrogen-bond donors (Lipinski definition) is 0. The number of nitrogens with zero attached hydrogens (tertiary/aromatic N) is 2. The molecule has 178 valence electrons. The molecule has 3 rings (SSSR count). The maximum Gasteiger partial charge on any atom is 0.162 e. The molecule has 36 heavy (non-hydrogen) atoms. The van der Waals surface area contributed by atoms with Crippen molar-refractivity contribution in [1.82, 2.24) is 9.97 Å². The van der Waals surface area contributed by atoms with Crippen LogP contribution >= 0.6 is 0 Å². The van der Waals surface area contributed by atoms with Gasteiger partial charge in [-0.2, -0.15) is 0 Å². The van der Waals surface area contributed by atoms with E-state index in [2.05, 4.69) is 59.3 Å². The minimum Gasteiger partial charge on any atom is -0.490 e. The molecule has 0 fully saturated rings. The van der Waals surface area contributed by atoms with E-state index >= 15 is 0 Å². The molecule has 0 N–H and O–H groups in total. The Labute approximate surface area is 214 Å². The first-order valence-electron chi connectivity index (χ1n) is 12.0. The third-order valence-electron chi connectivity index (χ3n) is 5.15. The van der Waals surface area contributed by atoms with E-state index in [0.717, 1.165) is 25.7 Å². The maximum absolute atomic E-state index is 6.08. The fourth-order valence-electron chi connectivity index (χ4n) is 3.15. The molecule has 0 aliphatic rings. The van der Waals surface area contributed by atoms with Crippen LogP contribution in [0, 0.1) is 48.4 Å². The van der Waals surface area contributed by atoms with Gasteiger partial charge in [0.2, 0.25) is 0 Å². The third-order valence-corrected chi connectivity index (χ3v) is 5.15. The summed E-state index contributed by atoms with van der Waals surface area (Å²) in [4.78, 5) is 8.53. The molecule has 4 nitrogen and oxygen atoms in total. The lowest BCUT2D eigenvalue weighted by Crippen LogP contribution is -2.04. The van der Waals surface area contributed by atoms with Crippen molar-refractivity contribution in [2.75, 3.05) is 13.2 Å². The Hall–Kier alpha value is -4.64. The largest absolute Gasteiger partial charge is 0.490 e. The molecule has 0 amide bonds. The Morgan fingerprint density at radius 2 is 1.19 bits per heavy atom. The molecule has 2 aromatic heterocycles. The Morgan fingerprint density at radius 3 is 1.75 bits per heavy atom. The molecule has 0 radical (unpaired) electrons. The van der Waals surface area contributed by atoms with Crippen molar-refractivity contribution < 1.29 is 9.47 Å². The van der Waals surface area contributed by atoms with E-state index in [0.29, 0.717) is 58.4 Å². The van der Waals surface area contributed by atoms with Crippen molar-refractivity contribution in [2.45, 2.75) is 39.5 Å². The lowest BCUT2D eigenvalue weighted by atomic mass is 10.0. The molecule has 1 aromatic carbocycles. The fourth-order valence-corrected chi connectivity index (χ4v) is 3.15. The van der Waals surface area contributed by atoms with Crippen molar-refractivity contribution in [3.05, 3.63) is 82.4 Å². The number of terminal acetylenes is 2. The smallest absolute Gasteiger partial charge is 0.162 e.